The number of carbonyl (C=O) groups is 1. The molecule has 0 saturated heterocycles. The smallest absolute Gasteiger partial charge is 0.310 e. The predicted octanol–water partition coefficient (Wildman–Crippen LogP) is 3.95. The van der Waals surface area contributed by atoms with Gasteiger partial charge in [0.25, 0.3) is 0 Å². The Balaban J connectivity index is 3.04. The summed E-state index contributed by atoms with van der Waals surface area (Å²) in [6.45, 7) is 8.05. The molecule has 0 aliphatic carbocycles. The Labute approximate surface area is 102 Å². The van der Waals surface area contributed by atoms with E-state index in [1.54, 1.807) is 13.0 Å². The zero-order valence-electron chi connectivity index (χ0n) is 10.1. The molecule has 88 valence electrons. The maximum absolute atomic E-state index is 11.2. The van der Waals surface area contributed by atoms with E-state index in [2.05, 4.69) is 20.8 Å². The number of halogens is 1. The van der Waals surface area contributed by atoms with Crippen molar-refractivity contribution >= 4 is 17.6 Å². The second kappa shape index (κ2) is 4.88. The fourth-order valence-electron chi connectivity index (χ4n) is 1.24. The van der Waals surface area contributed by atoms with Gasteiger partial charge in [0, 0.05) is 6.42 Å². The summed E-state index contributed by atoms with van der Waals surface area (Å²) in [5, 5.41) is 0.467. The number of hydrogen-bond acceptors (Lipinski definition) is 2. The van der Waals surface area contributed by atoms with Crippen LogP contribution in [-0.2, 0) is 10.2 Å². The standard InChI is InChI=1S/C13H17ClO2/c1-5-12(15)16-11-8-9(13(2,3)4)6-7-10(11)14/h6-8H,5H2,1-4H3. The molecule has 1 aromatic carbocycles. The summed E-state index contributed by atoms with van der Waals surface area (Å²) in [7, 11) is 0. The maximum Gasteiger partial charge on any atom is 0.310 e. The van der Waals surface area contributed by atoms with Crippen LogP contribution in [0.5, 0.6) is 5.75 Å². The van der Waals surface area contributed by atoms with Crippen molar-refractivity contribution < 1.29 is 9.53 Å². The van der Waals surface area contributed by atoms with Crippen molar-refractivity contribution in [3.63, 3.8) is 0 Å². The first-order valence-electron chi connectivity index (χ1n) is 5.35. The number of ether oxygens (including phenoxy) is 1. The first-order chi connectivity index (χ1) is 7.34. The maximum atomic E-state index is 11.2. The van der Waals surface area contributed by atoms with Gasteiger partial charge in [0.15, 0.2) is 0 Å². The number of carbonyl (C=O) groups excluding carboxylic acids is 1. The van der Waals surface area contributed by atoms with Gasteiger partial charge < -0.3 is 4.74 Å². The van der Waals surface area contributed by atoms with E-state index in [0.717, 1.165) is 5.56 Å². The van der Waals surface area contributed by atoms with E-state index in [1.807, 2.05) is 12.1 Å². The molecular weight excluding hydrogens is 224 g/mol. The second-order valence-corrected chi connectivity index (χ2v) is 5.13. The minimum atomic E-state index is -0.270. The van der Waals surface area contributed by atoms with Gasteiger partial charge in [-0.05, 0) is 23.1 Å². The van der Waals surface area contributed by atoms with E-state index in [1.165, 1.54) is 0 Å². The van der Waals surface area contributed by atoms with E-state index in [4.69, 9.17) is 16.3 Å². The average molecular weight is 241 g/mol. The van der Waals surface area contributed by atoms with E-state index >= 15 is 0 Å². The van der Waals surface area contributed by atoms with Gasteiger partial charge in [0.2, 0.25) is 0 Å². The molecule has 0 N–H and O–H groups in total. The summed E-state index contributed by atoms with van der Waals surface area (Å²) in [6.07, 6.45) is 0.343. The zero-order chi connectivity index (χ0) is 12.3. The summed E-state index contributed by atoms with van der Waals surface area (Å²) < 4.78 is 5.16. The van der Waals surface area contributed by atoms with Gasteiger partial charge >= 0.3 is 5.97 Å². The van der Waals surface area contributed by atoms with Crippen LogP contribution in [0, 0.1) is 0 Å². The number of benzene rings is 1. The van der Waals surface area contributed by atoms with Gasteiger partial charge in [0.1, 0.15) is 5.75 Å². The summed E-state index contributed by atoms with van der Waals surface area (Å²) in [6, 6.07) is 5.54. The summed E-state index contributed by atoms with van der Waals surface area (Å²) in [5.74, 6) is 0.175. The molecule has 1 rings (SSSR count). The molecule has 0 spiro atoms. The van der Waals surface area contributed by atoms with Crippen LogP contribution >= 0.6 is 11.6 Å². The van der Waals surface area contributed by atoms with Crippen LogP contribution in [0.2, 0.25) is 5.02 Å². The van der Waals surface area contributed by atoms with Crippen molar-refractivity contribution in [2.75, 3.05) is 0 Å². The molecule has 3 heteroatoms. The Morgan fingerprint density at radius 2 is 2.00 bits per heavy atom. The van der Waals surface area contributed by atoms with Crippen LogP contribution in [0.25, 0.3) is 0 Å². The molecule has 0 aliphatic heterocycles. The Morgan fingerprint density at radius 3 is 2.50 bits per heavy atom. The normalized spacial score (nSPS) is 11.3. The third-order valence-electron chi connectivity index (χ3n) is 2.31. The fraction of sp³-hybridized carbons (Fsp3) is 0.462. The fourth-order valence-corrected chi connectivity index (χ4v) is 1.40. The van der Waals surface area contributed by atoms with Crippen molar-refractivity contribution in [1.29, 1.82) is 0 Å². The molecule has 2 nitrogen and oxygen atoms in total. The Morgan fingerprint density at radius 1 is 1.38 bits per heavy atom. The van der Waals surface area contributed by atoms with Crippen molar-refractivity contribution in [1.82, 2.24) is 0 Å². The zero-order valence-corrected chi connectivity index (χ0v) is 10.9. The minimum Gasteiger partial charge on any atom is -0.425 e. The van der Waals surface area contributed by atoms with Crippen LogP contribution in [0.1, 0.15) is 39.7 Å². The van der Waals surface area contributed by atoms with Gasteiger partial charge in [-0.2, -0.15) is 0 Å². The van der Waals surface area contributed by atoms with E-state index in [0.29, 0.717) is 17.2 Å². The first-order valence-corrected chi connectivity index (χ1v) is 5.73. The monoisotopic (exact) mass is 240 g/mol. The molecule has 0 bridgehead atoms. The van der Waals surface area contributed by atoms with Crippen molar-refractivity contribution in [2.24, 2.45) is 0 Å². The minimum absolute atomic E-state index is 0.0119. The topological polar surface area (TPSA) is 26.3 Å². The van der Waals surface area contributed by atoms with E-state index in [-0.39, 0.29) is 11.4 Å². The molecule has 0 atom stereocenters. The highest BCUT2D eigenvalue weighted by Gasteiger charge is 2.16. The summed E-state index contributed by atoms with van der Waals surface area (Å²) in [4.78, 5) is 11.2. The van der Waals surface area contributed by atoms with Crippen molar-refractivity contribution in [3.05, 3.63) is 28.8 Å². The molecule has 0 unspecified atom stereocenters. The third kappa shape index (κ3) is 3.24. The molecule has 1 aromatic rings. The molecular formula is C13H17ClO2. The van der Waals surface area contributed by atoms with Gasteiger partial charge in [-0.3, -0.25) is 4.79 Å². The summed E-state index contributed by atoms with van der Waals surface area (Å²) >= 11 is 5.97. The van der Waals surface area contributed by atoms with E-state index in [9.17, 15) is 4.79 Å². The van der Waals surface area contributed by atoms with Gasteiger partial charge in [-0.15, -0.1) is 0 Å². The van der Waals surface area contributed by atoms with Crippen molar-refractivity contribution in [2.45, 2.75) is 39.5 Å². The lowest BCUT2D eigenvalue weighted by molar-refractivity contribution is -0.134. The first kappa shape index (κ1) is 13.0. The molecule has 16 heavy (non-hydrogen) atoms. The molecule has 0 heterocycles. The largest absolute Gasteiger partial charge is 0.425 e. The van der Waals surface area contributed by atoms with Crippen LogP contribution in [0.15, 0.2) is 18.2 Å². The van der Waals surface area contributed by atoms with Crippen LogP contribution < -0.4 is 4.74 Å². The summed E-state index contributed by atoms with van der Waals surface area (Å²) in [5.41, 5.74) is 1.11. The van der Waals surface area contributed by atoms with Crippen molar-refractivity contribution in [3.8, 4) is 5.75 Å². The molecule has 0 aromatic heterocycles. The number of rotatable bonds is 2. The highest BCUT2D eigenvalue weighted by molar-refractivity contribution is 6.32. The Kier molecular flexibility index (Phi) is 3.98. The molecule has 0 fully saturated rings. The number of hydrogen-bond donors (Lipinski definition) is 0. The van der Waals surface area contributed by atoms with Gasteiger partial charge in [-0.1, -0.05) is 45.4 Å². The average Bonchev–Trinajstić information content (AvgIpc) is 2.19. The molecule has 0 saturated carbocycles. The van der Waals surface area contributed by atoms with Gasteiger partial charge in [-0.25, -0.2) is 0 Å². The lowest BCUT2D eigenvalue weighted by Gasteiger charge is -2.20. The Bertz CT molecular complexity index is 391. The lowest BCUT2D eigenvalue weighted by atomic mass is 9.87. The van der Waals surface area contributed by atoms with Gasteiger partial charge in [0.05, 0.1) is 5.02 Å². The SMILES string of the molecule is CCC(=O)Oc1cc(C(C)(C)C)ccc1Cl. The quantitative estimate of drug-likeness (QED) is 0.578. The molecule has 0 amide bonds. The van der Waals surface area contributed by atoms with E-state index < -0.39 is 0 Å². The highest BCUT2D eigenvalue weighted by Crippen LogP contribution is 2.31. The lowest BCUT2D eigenvalue weighted by Crippen LogP contribution is -2.12. The predicted molar refractivity (Wildman–Crippen MR) is 66.1 cm³/mol. The van der Waals surface area contributed by atoms with Crippen LogP contribution in [0.4, 0.5) is 0 Å². The van der Waals surface area contributed by atoms with Crippen LogP contribution in [0.3, 0.4) is 0 Å². The number of esters is 1. The highest BCUT2D eigenvalue weighted by atomic mass is 35.5. The molecule has 0 radical (unpaired) electrons. The Hall–Kier alpha value is -1.02. The van der Waals surface area contributed by atoms with Crippen LogP contribution in [-0.4, -0.2) is 5.97 Å². The molecule has 0 aliphatic rings. The third-order valence-corrected chi connectivity index (χ3v) is 2.62. The second-order valence-electron chi connectivity index (χ2n) is 4.72.